The molecule has 1 aromatic heterocycles. The third kappa shape index (κ3) is 4.81. The lowest BCUT2D eigenvalue weighted by molar-refractivity contribution is -0.115. The van der Waals surface area contributed by atoms with Crippen LogP contribution < -0.4 is 15.6 Å². The molecule has 34 heavy (non-hydrogen) atoms. The molecule has 0 spiro atoms. The largest absolute Gasteiger partial charge is 0.495 e. The quantitative estimate of drug-likeness (QED) is 0.272. The van der Waals surface area contributed by atoms with E-state index in [0.29, 0.717) is 32.5 Å². The van der Waals surface area contributed by atoms with Gasteiger partial charge in [-0.05, 0) is 62.7 Å². The van der Waals surface area contributed by atoms with Crippen molar-refractivity contribution in [1.82, 2.24) is 9.55 Å². The molecule has 3 aromatic carbocycles. The first kappa shape index (κ1) is 23.9. The van der Waals surface area contributed by atoms with Crippen LogP contribution in [0.4, 0.5) is 5.69 Å². The highest BCUT2D eigenvalue weighted by Crippen LogP contribution is 2.30. The highest BCUT2D eigenvalue weighted by atomic mass is 35.5. The van der Waals surface area contributed by atoms with E-state index in [1.165, 1.54) is 23.4 Å². The Hall–Kier alpha value is -3.29. The van der Waals surface area contributed by atoms with Gasteiger partial charge in [0.25, 0.3) is 5.56 Å². The molecule has 0 fully saturated rings. The van der Waals surface area contributed by atoms with E-state index in [1.54, 1.807) is 43.3 Å². The van der Waals surface area contributed by atoms with Gasteiger partial charge in [0.2, 0.25) is 5.91 Å². The third-order valence-electron chi connectivity index (χ3n) is 5.43. The lowest BCUT2D eigenvalue weighted by Gasteiger charge is -2.17. The van der Waals surface area contributed by atoms with Crippen molar-refractivity contribution in [2.24, 2.45) is 0 Å². The molecule has 1 unspecified atom stereocenters. The number of amides is 1. The number of fused-ring (bicyclic) bond motifs is 1. The van der Waals surface area contributed by atoms with Crippen molar-refractivity contribution in [3.8, 4) is 11.4 Å². The van der Waals surface area contributed by atoms with Crippen LogP contribution in [-0.2, 0) is 4.79 Å². The number of hydrogen-bond acceptors (Lipinski definition) is 5. The fourth-order valence-corrected chi connectivity index (χ4v) is 4.79. The lowest BCUT2D eigenvalue weighted by Crippen LogP contribution is -2.26. The number of hydrogen-bond donors (Lipinski definition) is 1. The van der Waals surface area contributed by atoms with Crippen molar-refractivity contribution in [3.63, 3.8) is 0 Å². The number of anilines is 1. The van der Waals surface area contributed by atoms with Crippen LogP contribution >= 0.6 is 23.4 Å². The first-order valence-electron chi connectivity index (χ1n) is 10.7. The van der Waals surface area contributed by atoms with Crippen LogP contribution in [0.25, 0.3) is 16.6 Å². The smallest absolute Gasteiger partial charge is 0.266 e. The van der Waals surface area contributed by atoms with Crippen LogP contribution in [0.2, 0.25) is 5.02 Å². The van der Waals surface area contributed by atoms with Crippen molar-refractivity contribution >= 4 is 45.9 Å². The van der Waals surface area contributed by atoms with Gasteiger partial charge in [0.1, 0.15) is 5.75 Å². The molecule has 1 N–H and O–H groups in total. The zero-order chi connectivity index (χ0) is 24.4. The monoisotopic (exact) mass is 493 g/mol. The molecular weight excluding hydrogens is 470 g/mol. The van der Waals surface area contributed by atoms with Gasteiger partial charge >= 0.3 is 0 Å². The zero-order valence-electron chi connectivity index (χ0n) is 19.3. The van der Waals surface area contributed by atoms with E-state index in [0.717, 1.165) is 16.8 Å². The zero-order valence-corrected chi connectivity index (χ0v) is 20.8. The summed E-state index contributed by atoms with van der Waals surface area (Å²) in [6.45, 7) is 5.75. The minimum atomic E-state index is -0.520. The van der Waals surface area contributed by atoms with Gasteiger partial charge in [0.05, 0.1) is 34.0 Å². The van der Waals surface area contributed by atoms with Crippen LogP contribution in [0.15, 0.2) is 70.6 Å². The molecule has 0 bridgehead atoms. The first-order chi connectivity index (χ1) is 16.3. The number of thioether (sulfide) groups is 1. The topological polar surface area (TPSA) is 73.2 Å². The summed E-state index contributed by atoms with van der Waals surface area (Å²) in [7, 11) is 1.53. The first-order valence-corrected chi connectivity index (χ1v) is 11.9. The summed E-state index contributed by atoms with van der Waals surface area (Å²) in [4.78, 5) is 31.2. The van der Waals surface area contributed by atoms with Gasteiger partial charge in [-0.2, -0.15) is 0 Å². The molecule has 1 heterocycles. The molecule has 0 radical (unpaired) electrons. The van der Waals surface area contributed by atoms with Crippen molar-refractivity contribution in [3.05, 3.63) is 87.2 Å². The second-order valence-corrected chi connectivity index (χ2v) is 9.65. The van der Waals surface area contributed by atoms with E-state index in [2.05, 4.69) is 5.32 Å². The number of para-hydroxylation sites is 1. The molecule has 6 nitrogen and oxygen atoms in total. The van der Waals surface area contributed by atoms with Gasteiger partial charge in [0.15, 0.2) is 5.16 Å². The Kier molecular flexibility index (Phi) is 6.95. The van der Waals surface area contributed by atoms with E-state index in [9.17, 15) is 9.59 Å². The molecule has 0 aliphatic carbocycles. The number of methoxy groups -OCH3 is 1. The average Bonchev–Trinajstić information content (AvgIpc) is 2.81. The molecule has 1 amide bonds. The number of nitrogens with zero attached hydrogens (tertiary/aromatic N) is 2. The van der Waals surface area contributed by atoms with E-state index in [-0.39, 0.29) is 11.5 Å². The third-order valence-corrected chi connectivity index (χ3v) is 6.78. The van der Waals surface area contributed by atoms with Gasteiger partial charge in [-0.25, -0.2) is 4.98 Å². The summed E-state index contributed by atoms with van der Waals surface area (Å²) >= 11 is 7.55. The molecule has 0 saturated heterocycles. The van der Waals surface area contributed by atoms with Crippen LogP contribution in [0.3, 0.4) is 0 Å². The maximum absolute atomic E-state index is 13.5. The minimum absolute atomic E-state index is 0.182. The summed E-state index contributed by atoms with van der Waals surface area (Å²) in [5.41, 5.74) is 3.73. The van der Waals surface area contributed by atoms with E-state index < -0.39 is 5.25 Å². The molecule has 174 valence electrons. The molecule has 0 aliphatic heterocycles. The van der Waals surface area contributed by atoms with E-state index >= 15 is 0 Å². The number of halogens is 1. The average molecular weight is 494 g/mol. The number of carbonyl (C=O) groups is 1. The normalized spacial score (nSPS) is 11.9. The van der Waals surface area contributed by atoms with Crippen molar-refractivity contribution in [2.75, 3.05) is 12.4 Å². The summed E-state index contributed by atoms with van der Waals surface area (Å²) in [5, 5.41) is 3.71. The fourth-order valence-electron chi connectivity index (χ4n) is 3.61. The van der Waals surface area contributed by atoms with E-state index in [1.807, 2.05) is 38.1 Å². The lowest BCUT2D eigenvalue weighted by atomic mass is 10.1. The Morgan fingerprint density at radius 3 is 2.59 bits per heavy atom. The number of aromatic nitrogens is 2. The maximum atomic E-state index is 13.5. The second-order valence-electron chi connectivity index (χ2n) is 7.94. The van der Waals surface area contributed by atoms with Gasteiger partial charge in [-0.1, -0.05) is 53.2 Å². The van der Waals surface area contributed by atoms with Gasteiger partial charge < -0.3 is 10.1 Å². The maximum Gasteiger partial charge on any atom is 0.266 e. The number of ether oxygens (including phenoxy) is 1. The number of carbonyl (C=O) groups excluding carboxylic acids is 1. The van der Waals surface area contributed by atoms with Crippen LogP contribution in [0, 0.1) is 13.8 Å². The number of benzene rings is 3. The molecule has 8 heteroatoms. The molecule has 4 aromatic rings. The molecule has 4 rings (SSSR count). The highest BCUT2D eigenvalue weighted by Gasteiger charge is 2.21. The number of nitrogens with one attached hydrogen (secondary N) is 1. The molecule has 0 aliphatic rings. The molecule has 1 atom stereocenters. The van der Waals surface area contributed by atoms with E-state index in [4.69, 9.17) is 21.3 Å². The minimum Gasteiger partial charge on any atom is -0.495 e. The Balaban J connectivity index is 1.74. The van der Waals surface area contributed by atoms with Crippen LogP contribution in [-0.4, -0.2) is 27.8 Å². The predicted octanol–water partition coefficient (Wildman–Crippen LogP) is 5.78. The van der Waals surface area contributed by atoms with Gasteiger partial charge in [0, 0.05) is 5.69 Å². The summed E-state index contributed by atoms with van der Waals surface area (Å²) < 4.78 is 6.73. The van der Waals surface area contributed by atoms with Gasteiger partial charge in [-0.3, -0.25) is 14.2 Å². The van der Waals surface area contributed by atoms with Crippen molar-refractivity contribution in [2.45, 2.75) is 31.2 Å². The predicted molar refractivity (Wildman–Crippen MR) is 139 cm³/mol. The fraction of sp³-hybridized carbons (Fsp3) is 0.192. The highest BCUT2D eigenvalue weighted by molar-refractivity contribution is 8.00. The Bertz CT molecular complexity index is 1450. The second kappa shape index (κ2) is 9.91. The summed E-state index contributed by atoms with van der Waals surface area (Å²) in [5.74, 6) is 0.321. The van der Waals surface area contributed by atoms with Crippen molar-refractivity contribution in [1.29, 1.82) is 0 Å². The SMILES string of the molecule is COc1ccc(-n2c(SC(C)C(=O)Nc3ccc(C)cc3C)nc3ccccc3c2=O)cc1Cl. The summed E-state index contributed by atoms with van der Waals surface area (Å²) in [6, 6.07) is 18.1. The Labute approximate surface area is 206 Å². The standard InChI is InChI=1S/C26H24ClN3O3S/c1-15-9-11-21(16(2)13-15)28-24(31)17(3)34-26-29-22-8-6-5-7-19(22)25(32)30(26)18-10-12-23(33-4)20(27)14-18/h5-14,17H,1-4H3,(H,28,31). The summed E-state index contributed by atoms with van der Waals surface area (Å²) in [6.07, 6.45) is 0. The number of aryl methyl sites for hydroxylation is 2. The van der Waals surface area contributed by atoms with Crippen LogP contribution in [0.5, 0.6) is 5.75 Å². The van der Waals surface area contributed by atoms with Crippen molar-refractivity contribution < 1.29 is 9.53 Å². The van der Waals surface area contributed by atoms with Crippen LogP contribution in [0.1, 0.15) is 18.1 Å². The van der Waals surface area contributed by atoms with Gasteiger partial charge in [-0.15, -0.1) is 0 Å². The Morgan fingerprint density at radius 1 is 1.12 bits per heavy atom. The number of rotatable bonds is 6. The molecular formula is C26H24ClN3O3S. The molecule has 0 saturated carbocycles. The Morgan fingerprint density at radius 2 is 1.88 bits per heavy atom.